The molecule has 0 radical (unpaired) electrons. The van der Waals surface area contributed by atoms with Crippen molar-refractivity contribution in [2.24, 2.45) is 0 Å². The topological polar surface area (TPSA) is 25.8 Å². The van der Waals surface area contributed by atoms with E-state index in [-0.39, 0.29) is 5.41 Å². The van der Waals surface area contributed by atoms with Crippen molar-refractivity contribution >= 4 is 21.5 Å². The predicted molar refractivity (Wildman–Crippen MR) is 247 cm³/mol. The summed E-state index contributed by atoms with van der Waals surface area (Å²) in [6, 6.07) is 74.1. The lowest BCUT2D eigenvalue weighted by Crippen LogP contribution is -2.15. The van der Waals surface area contributed by atoms with E-state index in [9.17, 15) is 0 Å². The van der Waals surface area contributed by atoms with Gasteiger partial charge >= 0.3 is 0 Å². The highest BCUT2D eigenvalue weighted by atomic mass is 14.9. The minimum atomic E-state index is -0.0987. The van der Waals surface area contributed by atoms with Gasteiger partial charge in [0.15, 0.2) is 5.82 Å². The molecule has 0 saturated carbocycles. The molecule has 59 heavy (non-hydrogen) atoms. The van der Waals surface area contributed by atoms with E-state index < -0.39 is 0 Å². The second-order valence-corrected chi connectivity index (χ2v) is 16.1. The van der Waals surface area contributed by atoms with Crippen LogP contribution >= 0.6 is 0 Å². The van der Waals surface area contributed by atoms with Crippen LogP contribution in [-0.4, -0.2) is 9.97 Å². The molecule has 1 aliphatic rings. The third-order valence-electron chi connectivity index (χ3n) is 12.3. The zero-order valence-corrected chi connectivity index (χ0v) is 33.0. The van der Waals surface area contributed by atoms with Gasteiger partial charge in [0.2, 0.25) is 0 Å². The summed E-state index contributed by atoms with van der Waals surface area (Å²) in [6.45, 7) is 4.75. The van der Waals surface area contributed by atoms with Crippen molar-refractivity contribution in [1.82, 2.24) is 9.97 Å². The summed E-state index contributed by atoms with van der Waals surface area (Å²) in [5.41, 5.74) is 17.5. The Morgan fingerprint density at radius 3 is 1.61 bits per heavy atom. The average Bonchev–Trinajstić information content (AvgIpc) is 3.55. The van der Waals surface area contributed by atoms with Crippen LogP contribution in [0.1, 0.15) is 25.0 Å². The first-order valence-corrected chi connectivity index (χ1v) is 20.4. The highest BCUT2D eigenvalue weighted by molar-refractivity contribution is 6.05. The molecule has 0 bridgehead atoms. The maximum atomic E-state index is 5.34. The SMILES string of the molecule is CC1(C)c2cccc(-c3ccc(-c4ccc(-c5nc(-c6ccccc6)cc(-c6ccccc6-c6ccccc6)n5)c5ccccc45)cc3)c2-c2ccc3ccccc3c21. The Bertz CT molecular complexity index is 3220. The van der Waals surface area contributed by atoms with Gasteiger partial charge in [0.25, 0.3) is 0 Å². The van der Waals surface area contributed by atoms with Crippen LogP contribution in [0.4, 0.5) is 0 Å². The van der Waals surface area contributed by atoms with E-state index in [1.807, 2.05) is 6.07 Å². The van der Waals surface area contributed by atoms with Gasteiger partial charge in [-0.1, -0.05) is 208 Å². The molecule has 2 nitrogen and oxygen atoms in total. The molecule has 278 valence electrons. The van der Waals surface area contributed by atoms with E-state index in [0.29, 0.717) is 5.82 Å². The minimum Gasteiger partial charge on any atom is -0.228 e. The standard InChI is InChI=1S/C57H40N2/c1-57(2)51-27-15-26-44(54(51)50-33-32-38-18-9-10-22-45(38)55(50)57)40-30-28-39(29-31-40)43-34-35-49(47-24-13-12-23-46(43)47)56-58-52(41-19-7-4-8-20-41)36-53(59-56)48-25-14-11-21-42(48)37-16-5-3-6-17-37/h3-36H,1-2H3. The number of hydrogen-bond acceptors (Lipinski definition) is 2. The zero-order valence-electron chi connectivity index (χ0n) is 33.0. The summed E-state index contributed by atoms with van der Waals surface area (Å²) in [5.74, 6) is 0.705. The molecule has 1 heterocycles. The molecule has 1 aliphatic carbocycles. The van der Waals surface area contributed by atoms with E-state index in [0.717, 1.165) is 44.6 Å². The van der Waals surface area contributed by atoms with E-state index in [2.05, 4.69) is 214 Å². The highest BCUT2D eigenvalue weighted by Crippen LogP contribution is 2.54. The van der Waals surface area contributed by atoms with Crippen molar-refractivity contribution < 1.29 is 0 Å². The number of aromatic nitrogens is 2. The van der Waals surface area contributed by atoms with Crippen molar-refractivity contribution in [3.63, 3.8) is 0 Å². The lowest BCUT2D eigenvalue weighted by atomic mass is 9.80. The Balaban J connectivity index is 1.02. The molecular weight excluding hydrogens is 713 g/mol. The number of nitrogens with zero attached hydrogens (tertiary/aromatic N) is 2. The van der Waals surface area contributed by atoms with Gasteiger partial charge in [0, 0.05) is 22.1 Å². The quantitative estimate of drug-likeness (QED) is 0.169. The molecule has 11 rings (SSSR count). The molecule has 9 aromatic carbocycles. The first-order valence-electron chi connectivity index (χ1n) is 20.4. The Morgan fingerprint density at radius 2 is 0.864 bits per heavy atom. The van der Waals surface area contributed by atoms with Gasteiger partial charge in [-0.2, -0.15) is 0 Å². The Hall–Kier alpha value is -7.42. The predicted octanol–water partition coefficient (Wildman–Crippen LogP) is 15.1. The average molecular weight is 753 g/mol. The second-order valence-electron chi connectivity index (χ2n) is 16.1. The van der Waals surface area contributed by atoms with Crippen molar-refractivity contribution in [3.8, 4) is 78.4 Å². The van der Waals surface area contributed by atoms with Crippen LogP contribution in [0.15, 0.2) is 206 Å². The van der Waals surface area contributed by atoms with Gasteiger partial charge in [0.1, 0.15) is 0 Å². The Morgan fingerprint density at radius 1 is 0.339 bits per heavy atom. The molecule has 0 spiro atoms. The van der Waals surface area contributed by atoms with Crippen LogP contribution < -0.4 is 0 Å². The van der Waals surface area contributed by atoms with Crippen molar-refractivity contribution in [2.75, 3.05) is 0 Å². The third kappa shape index (κ3) is 5.79. The molecule has 0 atom stereocenters. The smallest absolute Gasteiger partial charge is 0.161 e. The van der Waals surface area contributed by atoms with Gasteiger partial charge in [-0.3, -0.25) is 0 Å². The fourth-order valence-corrected chi connectivity index (χ4v) is 9.51. The summed E-state index contributed by atoms with van der Waals surface area (Å²) in [5, 5.41) is 4.92. The summed E-state index contributed by atoms with van der Waals surface area (Å²) in [6.07, 6.45) is 0. The summed E-state index contributed by atoms with van der Waals surface area (Å²) in [4.78, 5) is 10.6. The lowest BCUT2D eigenvalue weighted by Gasteiger charge is -2.23. The Labute approximate surface area is 345 Å². The summed E-state index contributed by atoms with van der Waals surface area (Å²) in [7, 11) is 0. The van der Waals surface area contributed by atoms with Gasteiger partial charge in [-0.15, -0.1) is 0 Å². The minimum absolute atomic E-state index is 0.0987. The maximum Gasteiger partial charge on any atom is 0.161 e. The van der Waals surface area contributed by atoms with Crippen LogP contribution in [0, 0.1) is 0 Å². The molecular formula is C57H40N2. The van der Waals surface area contributed by atoms with Crippen LogP contribution in [0.5, 0.6) is 0 Å². The van der Waals surface area contributed by atoms with Crippen LogP contribution in [0.3, 0.4) is 0 Å². The molecule has 0 fully saturated rings. The molecule has 10 aromatic rings. The van der Waals surface area contributed by atoms with Crippen molar-refractivity contribution in [2.45, 2.75) is 19.3 Å². The normalized spacial score (nSPS) is 12.7. The molecule has 0 saturated heterocycles. The number of benzene rings is 9. The Kier molecular flexibility index (Phi) is 8.20. The van der Waals surface area contributed by atoms with Gasteiger partial charge in [-0.25, -0.2) is 9.97 Å². The van der Waals surface area contributed by atoms with E-state index >= 15 is 0 Å². The van der Waals surface area contributed by atoms with Crippen molar-refractivity contribution in [3.05, 3.63) is 217 Å². The number of hydrogen-bond donors (Lipinski definition) is 0. The first kappa shape index (κ1) is 34.8. The second kappa shape index (κ2) is 13.9. The molecule has 1 aromatic heterocycles. The zero-order chi connectivity index (χ0) is 39.5. The molecule has 2 heteroatoms. The van der Waals surface area contributed by atoms with Gasteiger partial charge in [-0.05, 0) is 89.3 Å². The molecule has 0 unspecified atom stereocenters. The number of rotatable bonds is 6. The van der Waals surface area contributed by atoms with Crippen molar-refractivity contribution in [1.29, 1.82) is 0 Å². The lowest BCUT2D eigenvalue weighted by molar-refractivity contribution is 0.666. The summed E-state index contributed by atoms with van der Waals surface area (Å²) >= 11 is 0. The fourth-order valence-electron chi connectivity index (χ4n) is 9.51. The van der Waals surface area contributed by atoms with Crippen LogP contribution in [0.25, 0.3) is 100.0 Å². The number of fused-ring (bicyclic) bond motifs is 6. The monoisotopic (exact) mass is 752 g/mol. The largest absolute Gasteiger partial charge is 0.228 e. The van der Waals surface area contributed by atoms with Crippen LogP contribution in [-0.2, 0) is 5.41 Å². The van der Waals surface area contributed by atoms with Crippen LogP contribution in [0.2, 0.25) is 0 Å². The third-order valence-corrected chi connectivity index (χ3v) is 12.3. The molecule has 0 aliphatic heterocycles. The van der Waals surface area contributed by atoms with E-state index in [1.165, 1.54) is 60.7 Å². The molecule has 0 N–H and O–H groups in total. The highest BCUT2D eigenvalue weighted by Gasteiger charge is 2.38. The van der Waals surface area contributed by atoms with E-state index in [4.69, 9.17) is 9.97 Å². The maximum absolute atomic E-state index is 5.34. The van der Waals surface area contributed by atoms with E-state index in [1.54, 1.807) is 0 Å². The fraction of sp³-hybridized carbons (Fsp3) is 0.0526. The van der Waals surface area contributed by atoms with Gasteiger partial charge < -0.3 is 0 Å². The molecule has 0 amide bonds. The first-order chi connectivity index (χ1) is 29.0. The van der Waals surface area contributed by atoms with Gasteiger partial charge in [0.05, 0.1) is 11.4 Å². The summed E-state index contributed by atoms with van der Waals surface area (Å²) < 4.78 is 0.